The van der Waals surface area contributed by atoms with Gasteiger partial charge in [-0.05, 0) is 26.2 Å². The molecule has 0 aromatic rings. The van der Waals surface area contributed by atoms with Crippen LogP contribution in [0.3, 0.4) is 0 Å². The number of carbonyl (C=O) groups excluding carboxylic acids is 2. The second kappa shape index (κ2) is 13.0. The van der Waals surface area contributed by atoms with Crippen LogP contribution in [0, 0.1) is 0 Å². The van der Waals surface area contributed by atoms with E-state index in [4.69, 9.17) is 4.74 Å². The van der Waals surface area contributed by atoms with Gasteiger partial charge in [-0.25, -0.2) is 9.59 Å². The summed E-state index contributed by atoms with van der Waals surface area (Å²) in [6.07, 6.45) is 7.70. The number of esters is 1. The van der Waals surface area contributed by atoms with Gasteiger partial charge in [0.25, 0.3) is 0 Å². The zero-order valence-electron chi connectivity index (χ0n) is 10.3. The molecule has 0 aromatic carbocycles. The minimum Gasteiger partial charge on any atom is -0.464 e. The highest BCUT2D eigenvalue weighted by atomic mass is 32.1. The van der Waals surface area contributed by atoms with E-state index < -0.39 is 12.0 Å². The lowest BCUT2D eigenvalue weighted by Crippen LogP contribution is -2.21. The summed E-state index contributed by atoms with van der Waals surface area (Å²) >= 11 is 0. The molecule has 98 valence electrons. The van der Waals surface area contributed by atoms with Crippen molar-refractivity contribution in [1.82, 2.24) is 0 Å². The second-order valence-electron chi connectivity index (χ2n) is 3.41. The van der Waals surface area contributed by atoms with Crippen molar-refractivity contribution in [3.05, 3.63) is 12.7 Å². The number of isocyanates is 1. The van der Waals surface area contributed by atoms with Gasteiger partial charge in [0.1, 0.15) is 0 Å². The molecule has 1 atom stereocenters. The lowest BCUT2D eigenvalue weighted by Gasteiger charge is -2.08. The van der Waals surface area contributed by atoms with E-state index in [9.17, 15) is 9.59 Å². The van der Waals surface area contributed by atoms with Crippen molar-refractivity contribution in [1.29, 1.82) is 0 Å². The lowest BCUT2D eigenvalue weighted by atomic mass is 10.1. The maximum Gasteiger partial charge on any atom is 0.331 e. The summed E-state index contributed by atoms with van der Waals surface area (Å²) in [6.45, 7) is 5.66. The summed E-state index contributed by atoms with van der Waals surface area (Å²) in [5.74, 6) is -0.436. The van der Waals surface area contributed by atoms with Gasteiger partial charge in [-0.15, -0.1) is 6.58 Å². The Labute approximate surface area is 110 Å². The van der Waals surface area contributed by atoms with Gasteiger partial charge in [-0.1, -0.05) is 18.9 Å². The molecular weight excluding hydrogens is 238 g/mol. The van der Waals surface area contributed by atoms with Crippen molar-refractivity contribution in [3.8, 4) is 0 Å². The molecule has 0 saturated carbocycles. The Balaban J connectivity index is 0. The molecule has 17 heavy (non-hydrogen) atoms. The Morgan fingerprint density at radius 1 is 1.47 bits per heavy atom. The molecular formula is C12H21NO3S. The number of ether oxygens (including phenoxy) is 1. The van der Waals surface area contributed by atoms with Gasteiger partial charge in [-0.2, -0.15) is 18.5 Å². The molecule has 0 fully saturated rings. The predicted molar refractivity (Wildman–Crippen MR) is 72.2 cm³/mol. The molecule has 0 amide bonds. The van der Waals surface area contributed by atoms with Crippen LogP contribution in [0.4, 0.5) is 0 Å². The Bertz CT molecular complexity index is 262. The van der Waals surface area contributed by atoms with Crippen LogP contribution in [0.1, 0.15) is 39.0 Å². The number of nitrogens with zero attached hydrogens (tertiary/aromatic N) is 1. The van der Waals surface area contributed by atoms with Gasteiger partial charge >= 0.3 is 5.97 Å². The molecule has 4 nitrogen and oxygen atoms in total. The van der Waals surface area contributed by atoms with Crippen LogP contribution < -0.4 is 0 Å². The zero-order valence-corrected chi connectivity index (χ0v) is 11.3. The molecule has 0 N–H and O–H groups in total. The Morgan fingerprint density at radius 3 is 2.71 bits per heavy atom. The average Bonchev–Trinajstić information content (AvgIpc) is 2.27. The molecule has 0 heterocycles. The molecule has 5 heteroatoms. The van der Waals surface area contributed by atoms with Crippen LogP contribution in [0.5, 0.6) is 0 Å². The van der Waals surface area contributed by atoms with Crippen molar-refractivity contribution in [2.45, 2.75) is 45.1 Å². The summed E-state index contributed by atoms with van der Waals surface area (Å²) in [7, 11) is 0. The fraction of sp³-hybridized carbons (Fsp3) is 0.667. The van der Waals surface area contributed by atoms with E-state index in [1.807, 2.05) is 6.08 Å². The third kappa shape index (κ3) is 9.85. The monoisotopic (exact) mass is 259 g/mol. The molecule has 0 spiro atoms. The van der Waals surface area contributed by atoms with Crippen molar-refractivity contribution < 1.29 is 14.3 Å². The standard InChI is InChI=1S/C12H19NO3.H2S/c1-3-5-6-7-8-9-11(13-10-14)12(15)16-4-2;/h3,11H,1,4-9H2,2H3;1H2/t11-;/m0./s1. The molecule has 0 aromatic heterocycles. The Hall–Kier alpha value is -1.06. The number of aliphatic imine (C=N–C) groups is 1. The van der Waals surface area contributed by atoms with Gasteiger partial charge in [-0.3, -0.25) is 0 Å². The quantitative estimate of drug-likeness (QED) is 0.210. The molecule has 0 saturated heterocycles. The molecule has 0 aliphatic heterocycles. The maximum absolute atomic E-state index is 11.3. The predicted octanol–water partition coefficient (Wildman–Crippen LogP) is 2.50. The highest BCUT2D eigenvalue weighted by molar-refractivity contribution is 7.59. The first kappa shape index (κ1) is 18.3. The third-order valence-electron chi connectivity index (χ3n) is 2.15. The van der Waals surface area contributed by atoms with E-state index in [-0.39, 0.29) is 13.5 Å². The SMILES string of the molecule is C=CCCCCC[C@H](N=C=O)C(=O)OCC.S. The lowest BCUT2D eigenvalue weighted by molar-refractivity contribution is -0.144. The van der Waals surface area contributed by atoms with E-state index in [1.54, 1.807) is 6.92 Å². The summed E-state index contributed by atoms with van der Waals surface area (Å²) < 4.78 is 4.81. The van der Waals surface area contributed by atoms with E-state index in [2.05, 4.69) is 11.6 Å². The highest BCUT2D eigenvalue weighted by Gasteiger charge is 2.17. The van der Waals surface area contributed by atoms with Crippen molar-refractivity contribution in [3.63, 3.8) is 0 Å². The van der Waals surface area contributed by atoms with Crippen molar-refractivity contribution >= 4 is 25.5 Å². The fourth-order valence-electron chi connectivity index (χ4n) is 1.34. The largest absolute Gasteiger partial charge is 0.464 e. The van der Waals surface area contributed by atoms with Crippen LogP contribution >= 0.6 is 13.5 Å². The summed E-state index contributed by atoms with van der Waals surface area (Å²) in [4.78, 5) is 24.9. The minimum absolute atomic E-state index is 0. The number of carbonyl (C=O) groups is 1. The summed E-state index contributed by atoms with van der Waals surface area (Å²) in [5, 5.41) is 0. The van der Waals surface area contributed by atoms with E-state index in [0.717, 1.165) is 25.7 Å². The zero-order chi connectivity index (χ0) is 12.2. The molecule has 0 aliphatic rings. The van der Waals surface area contributed by atoms with Gasteiger partial charge in [0.15, 0.2) is 6.04 Å². The smallest absolute Gasteiger partial charge is 0.331 e. The third-order valence-corrected chi connectivity index (χ3v) is 2.15. The Kier molecular flexibility index (Phi) is 14.0. The van der Waals surface area contributed by atoms with Gasteiger partial charge < -0.3 is 4.74 Å². The van der Waals surface area contributed by atoms with E-state index in [1.165, 1.54) is 6.08 Å². The number of rotatable bonds is 9. The maximum atomic E-state index is 11.3. The first-order valence-electron chi connectivity index (χ1n) is 5.60. The number of unbranched alkanes of at least 4 members (excludes halogenated alkanes) is 3. The van der Waals surface area contributed by atoms with Crippen molar-refractivity contribution in [2.24, 2.45) is 4.99 Å². The van der Waals surface area contributed by atoms with Gasteiger partial charge in [0, 0.05) is 0 Å². The fourth-order valence-corrected chi connectivity index (χ4v) is 1.34. The van der Waals surface area contributed by atoms with Crippen LogP contribution in [0.25, 0.3) is 0 Å². The Morgan fingerprint density at radius 2 is 2.18 bits per heavy atom. The van der Waals surface area contributed by atoms with Crippen LogP contribution in [0.2, 0.25) is 0 Å². The summed E-state index contributed by atoms with van der Waals surface area (Å²) in [5.41, 5.74) is 0. The first-order valence-corrected chi connectivity index (χ1v) is 5.60. The average molecular weight is 259 g/mol. The van der Waals surface area contributed by atoms with Gasteiger partial charge in [0.05, 0.1) is 6.61 Å². The topological polar surface area (TPSA) is 55.7 Å². The number of hydrogen-bond acceptors (Lipinski definition) is 4. The normalized spacial score (nSPS) is 10.6. The molecule has 0 aliphatic carbocycles. The highest BCUT2D eigenvalue weighted by Crippen LogP contribution is 2.09. The molecule has 0 unspecified atom stereocenters. The summed E-state index contributed by atoms with van der Waals surface area (Å²) in [6, 6.07) is -0.679. The molecule has 0 radical (unpaired) electrons. The van der Waals surface area contributed by atoms with Crippen LogP contribution in [-0.2, 0) is 14.3 Å². The minimum atomic E-state index is -0.679. The number of allylic oxidation sites excluding steroid dienone is 1. The van der Waals surface area contributed by atoms with Crippen LogP contribution in [0.15, 0.2) is 17.6 Å². The van der Waals surface area contributed by atoms with Crippen LogP contribution in [-0.4, -0.2) is 24.7 Å². The first-order chi connectivity index (χ1) is 7.76. The number of hydrogen-bond donors (Lipinski definition) is 0. The van der Waals surface area contributed by atoms with Crippen molar-refractivity contribution in [2.75, 3.05) is 6.61 Å². The second-order valence-corrected chi connectivity index (χ2v) is 3.41. The van der Waals surface area contributed by atoms with Gasteiger partial charge in [0.2, 0.25) is 6.08 Å². The molecule has 0 rings (SSSR count). The van der Waals surface area contributed by atoms with E-state index in [0.29, 0.717) is 13.0 Å². The molecule has 0 bridgehead atoms. The van der Waals surface area contributed by atoms with E-state index >= 15 is 0 Å².